The Bertz CT molecular complexity index is 267. The van der Waals surface area contributed by atoms with Gasteiger partial charge in [-0.1, -0.05) is 46.0 Å². The zero-order chi connectivity index (χ0) is 14.7. The Kier molecular flexibility index (Phi) is 9.27. The Labute approximate surface area is 116 Å². The molecule has 0 N–H and O–H groups in total. The van der Waals surface area contributed by atoms with Crippen molar-refractivity contribution in [3.63, 3.8) is 0 Å². The number of carbonyl (C=O) groups excluding carboxylic acids is 2. The quantitative estimate of drug-likeness (QED) is 0.502. The SMILES string of the molecule is CCCC(CCC)(CCCCCCC(=O)[O-])C(=O)[O-]. The molecule has 0 spiro atoms. The molecule has 0 heterocycles. The average Bonchev–Trinajstić information content (AvgIpc) is 2.33. The van der Waals surface area contributed by atoms with Gasteiger partial charge in [-0.2, -0.15) is 0 Å². The molecule has 0 saturated carbocycles. The van der Waals surface area contributed by atoms with Crippen molar-refractivity contribution in [3.05, 3.63) is 0 Å². The van der Waals surface area contributed by atoms with Gasteiger partial charge in [0.25, 0.3) is 0 Å². The molecule has 112 valence electrons. The van der Waals surface area contributed by atoms with Crippen LogP contribution in [0.1, 0.15) is 78.1 Å². The fourth-order valence-corrected chi connectivity index (χ4v) is 2.72. The molecule has 0 aromatic carbocycles. The van der Waals surface area contributed by atoms with Crippen LogP contribution < -0.4 is 10.2 Å². The molecule has 0 aliphatic rings. The minimum absolute atomic E-state index is 0.0928. The molecule has 0 aliphatic carbocycles. The molecule has 0 atom stereocenters. The highest BCUT2D eigenvalue weighted by atomic mass is 16.4. The molecular formula is C15H26O4-2. The summed E-state index contributed by atoms with van der Waals surface area (Å²) in [5.41, 5.74) is -0.683. The Hall–Kier alpha value is -1.06. The molecule has 0 amide bonds. The third-order valence-corrected chi connectivity index (χ3v) is 3.68. The second kappa shape index (κ2) is 9.82. The zero-order valence-electron chi connectivity index (χ0n) is 12.2. The van der Waals surface area contributed by atoms with Crippen molar-refractivity contribution in [3.8, 4) is 0 Å². The van der Waals surface area contributed by atoms with Crippen LogP contribution >= 0.6 is 0 Å². The number of hydrogen-bond acceptors (Lipinski definition) is 4. The molecule has 0 rings (SSSR count). The van der Waals surface area contributed by atoms with E-state index < -0.39 is 17.4 Å². The van der Waals surface area contributed by atoms with E-state index in [9.17, 15) is 19.8 Å². The lowest BCUT2D eigenvalue weighted by Gasteiger charge is -2.35. The van der Waals surface area contributed by atoms with Gasteiger partial charge >= 0.3 is 0 Å². The predicted octanol–water partition coefficient (Wildman–Crippen LogP) is 1.41. The summed E-state index contributed by atoms with van der Waals surface area (Å²) < 4.78 is 0. The van der Waals surface area contributed by atoms with Crippen LogP contribution in [-0.2, 0) is 9.59 Å². The van der Waals surface area contributed by atoms with Gasteiger partial charge in [-0.15, -0.1) is 0 Å². The largest absolute Gasteiger partial charge is 0.550 e. The van der Waals surface area contributed by atoms with Gasteiger partial charge in [0.05, 0.1) is 0 Å². The van der Waals surface area contributed by atoms with Crippen molar-refractivity contribution >= 4 is 11.9 Å². The van der Waals surface area contributed by atoms with E-state index in [0.717, 1.165) is 32.1 Å². The molecule has 0 fully saturated rings. The van der Waals surface area contributed by atoms with Crippen LogP contribution in [-0.4, -0.2) is 11.9 Å². The lowest BCUT2D eigenvalue weighted by atomic mass is 9.75. The molecule has 0 aliphatic heterocycles. The van der Waals surface area contributed by atoms with E-state index in [2.05, 4.69) is 0 Å². The van der Waals surface area contributed by atoms with Crippen LogP contribution in [0.3, 0.4) is 0 Å². The number of rotatable bonds is 12. The van der Waals surface area contributed by atoms with Crippen LogP contribution in [0.15, 0.2) is 0 Å². The highest BCUT2D eigenvalue weighted by molar-refractivity contribution is 5.72. The van der Waals surface area contributed by atoms with E-state index >= 15 is 0 Å². The summed E-state index contributed by atoms with van der Waals surface area (Å²) in [6.07, 6.45) is 6.88. The van der Waals surface area contributed by atoms with Gasteiger partial charge in [0, 0.05) is 17.4 Å². The molecule has 4 heteroatoms. The molecule has 0 unspecified atom stereocenters. The maximum atomic E-state index is 11.4. The van der Waals surface area contributed by atoms with Gasteiger partial charge in [0.2, 0.25) is 0 Å². The lowest BCUT2D eigenvalue weighted by Crippen LogP contribution is -2.42. The molecular weight excluding hydrogens is 244 g/mol. The first-order chi connectivity index (χ1) is 8.98. The number of carbonyl (C=O) groups is 2. The second-order valence-corrected chi connectivity index (χ2v) is 5.35. The monoisotopic (exact) mass is 270 g/mol. The predicted molar refractivity (Wildman–Crippen MR) is 70.0 cm³/mol. The van der Waals surface area contributed by atoms with E-state index in [1.54, 1.807) is 0 Å². The Morgan fingerprint density at radius 1 is 0.842 bits per heavy atom. The number of aliphatic carboxylic acids is 2. The Morgan fingerprint density at radius 3 is 1.79 bits per heavy atom. The van der Waals surface area contributed by atoms with Crippen LogP contribution in [0.2, 0.25) is 0 Å². The van der Waals surface area contributed by atoms with E-state index in [0.29, 0.717) is 25.7 Å². The Morgan fingerprint density at radius 2 is 1.37 bits per heavy atom. The van der Waals surface area contributed by atoms with Crippen LogP contribution in [0.4, 0.5) is 0 Å². The van der Waals surface area contributed by atoms with Crippen molar-refractivity contribution in [1.29, 1.82) is 0 Å². The van der Waals surface area contributed by atoms with E-state index in [1.807, 2.05) is 13.8 Å². The summed E-state index contributed by atoms with van der Waals surface area (Å²) >= 11 is 0. The molecule has 0 aromatic rings. The van der Waals surface area contributed by atoms with Gasteiger partial charge in [0.1, 0.15) is 0 Å². The maximum Gasteiger partial charge on any atom is 0.0476 e. The molecule has 0 radical (unpaired) electrons. The topological polar surface area (TPSA) is 80.3 Å². The number of unbranched alkanes of at least 4 members (excludes halogenated alkanes) is 3. The first-order valence-electron chi connectivity index (χ1n) is 7.39. The van der Waals surface area contributed by atoms with Crippen LogP contribution in [0.25, 0.3) is 0 Å². The first-order valence-corrected chi connectivity index (χ1v) is 7.39. The molecule has 4 nitrogen and oxygen atoms in total. The smallest absolute Gasteiger partial charge is 0.0476 e. The lowest BCUT2D eigenvalue weighted by molar-refractivity contribution is -0.320. The van der Waals surface area contributed by atoms with Crippen LogP contribution in [0, 0.1) is 5.41 Å². The summed E-state index contributed by atoms with van der Waals surface area (Å²) in [5, 5.41) is 21.7. The van der Waals surface area contributed by atoms with E-state index in [4.69, 9.17) is 0 Å². The number of hydrogen-bond donors (Lipinski definition) is 0. The number of carboxylic acids is 2. The summed E-state index contributed by atoms with van der Waals surface area (Å²) in [6.45, 7) is 3.99. The van der Waals surface area contributed by atoms with Gasteiger partial charge in [-0.3, -0.25) is 0 Å². The minimum Gasteiger partial charge on any atom is -0.550 e. The third kappa shape index (κ3) is 7.19. The highest BCUT2D eigenvalue weighted by Crippen LogP contribution is 2.35. The third-order valence-electron chi connectivity index (χ3n) is 3.68. The van der Waals surface area contributed by atoms with E-state index in [-0.39, 0.29) is 6.42 Å². The van der Waals surface area contributed by atoms with Crippen molar-refractivity contribution in [1.82, 2.24) is 0 Å². The number of carboxylic acid groups (broad SMARTS) is 2. The van der Waals surface area contributed by atoms with Crippen LogP contribution in [0.5, 0.6) is 0 Å². The summed E-state index contributed by atoms with van der Waals surface area (Å²) in [7, 11) is 0. The van der Waals surface area contributed by atoms with Gasteiger partial charge in [-0.25, -0.2) is 0 Å². The standard InChI is InChI=1S/C15H28O4/c1-3-10-15(11-4-2,14(18)19)12-8-6-5-7-9-13(16)17/h3-12H2,1-2H3,(H,16,17)(H,18,19)/p-2. The van der Waals surface area contributed by atoms with Crippen molar-refractivity contribution in [2.24, 2.45) is 5.41 Å². The normalized spacial score (nSPS) is 11.5. The average molecular weight is 270 g/mol. The zero-order valence-corrected chi connectivity index (χ0v) is 12.2. The molecule has 0 bridgehead atoms. The first kappa shape index (κ1) is 17.9. The minimum atomic E-state index is -1.01. The summed E-state index contributed by atoms with van der Waals surface area (Å²) in [5.74, 6) is -1.94. The van der Waals surface area contributed by atoms with Gasteiger partial charge in [0.15, 0.2) is 0 Å². The van der Waals surface area contributed by atoms with E-state index in [1.165, 1.54) is 0 Å². The van der Waals surface area contributed by atoms with Gasteiger partial charge in [-0.05, 0) is 32.1 Å². The molecule has 19 heavy (non-hydrogen) atoms. The van der Waals surface area contributed by atoms with Gasteiger partial charge < -0.3 is 19.8 Å². The van der Waals surface area contributed by atoms with Crippen molar-refractivity contribution in [2.45, 2.75) is 78.1 Å². The molecule has 0 saturated heterocycles. The highest BCUT2D eigenvalue weighted by Gasteiger charge is 2.29. The molecule has 0 aromatic heterocycles. The summed E-state index contributed by atoms with van der Waals surface area (Å²) in [4.78, 5) is 21.7. The fourth-order valence-electron chi connectivity index (χ4n) is 2.72. The fraction of sp³-hybridized carbons (Fsp3) is 0.867. The van der Waals surface area contributed by atoms with Crippen molar-refractivity contribution in [2.75, 3.05) is 0 Å². The maximum absolute atomic E-state index is 11.4. The second-order valence-electron chi connectivity index (χ2n) is 5.35. The van der Waals surface area contributed by atoms with Crippen molar-refractivity contribution < 1.29 is 19.8 Å². The Balaban J connectivity index is 4.11. The summed E-state index contributed by atoms with van der Waals surface area (Å²) in [6, 6.07) is 0.